The van der Waals surface area contributed by atoms with E-state index in [1.807, 2.05) is 0 Å². The summed E-state index contributed by atoms with van der Waals surface area (Å²) in [5.41, 5.74) is 0. The molecule has 3 nitrogen and oxygen atoms in total. The highest BCUT2D eigenvalue weighted by molar-refractivity contribution is 7.99. The number of rotatable bonds is 13. The Balaban J connectivity index is 3.05. The molecule has 0 heterocycles. The van der Waals surface area contributed by atoms with E-state index >= 15 is 0 Å². The predicted molar refractivity (Wildman–Crippen MR) is 74.6 cm³/mol. The average Bonchev–Trinajstić information content (AvgIpc) is 2.33. The number of unbranched alkanes of at least 4 members (excludes halogenated alkanes) is 5. The highest BCUT2D eigenvalue weighted by atomic mass is 32.2. The van der Waals surface area contributed by atoms with Crippen molar-refractivity contribution in [2.45, 2.75) is 51.6 Å². The predicted octanol–water partition coefficient (Wildman–Crippen LogP) is 2.45. The molecule has 0 aliphatic carbocycles. The normalized spacial score (nSPS) is 12.9. The molecule has 4 heteroatoms. The zero-order valence-corrected chi connectivity index (χ0v) is 11.9. The molecule has 0 aromatic carbocycles. The van der Waals surface area contributed by atoms with E-state index in [0.717, 1.165) is 13.0 Å². The zero-order chi connectivity index (χ0) is 12.8. The van der Waals surface area contributed by atoms with Crippen molar-refractivity contribution in [2.75, 3.05) is 31.3 Å². The third-order valence-corrected chi connectivity index (χ3v) is 3.59. The Morgan fingerprint density at radius 3 is 2.53 bits per heavy atom. The lowest BCUT2D eigenvalue weighted by atomic mass is 10.1. The number of thioether (sulfide) groups is 1. The molecule has 104 valence electrons. The Morgan fingerprint density at radius 2 is 1.82 bits per heavy atom. The molecule has 2 N–H and O–H groups in total. The van der Waals surface area contributed by atoms with E-state index in [-0.39, 0.29) is 6.61 Å². The van der Waals surface area contributed by atoms with E-state index in [1.165, 1.54) is 32.1 Å². The topological polar surface area (TPSA) is 49.7 Å². The van der Waals surface area contributed by atoms with Gasteiger partial charge in [-0.2, -0.15) is 11.8 Å². The van der Waals surface area contributed by atoms with Gasteiger partial charge in [0.15, 0.2) is 0 Å². The van der Waals surface area contributed by atoms with Crippen molar-refractivity contribution >= 4 is 11.8 Å². The summed E-state index contributed by atoms with van der Waals surface area (Å²) in [7, 11) is 0. The summed E-state index contributed by atoms with van der Waals surface area (Å²) in [5, 5.41) is 18.1. The van der Waals surface area contributed by atoms with Crippen LogP contribution in [0, 0.1) is 0 Å². The Labute approximate surface area is 110 Å². The van der Waals surface area contributed by atoms with Crippen molar-refractivity contribution in [3.63, 3.8) is 0 Å². The molecule has 1 atom stereocenters. The summed E-state index contributed by atoms with van der Waals surface area (Å²) in [6.07, 6.45) is 7.18. The fraction of sp³-hybridized carbons (Fsp3) is 1.00. The fourth-order valence-electron chi connectivity index (χ4n) is 1.54. The van der Waals surface area contributed by atoms with E-state index < -0.39 is 6.10 Å². The van der Waals surface area contributed by atoms with Gasteiger partial charge in [-0.3, -0.25) is 0 Å². The Bertz CT molecular complexity index is 145. The van der Waals surface area contributed by atoms with Gasteiger partial charge in [0.05, 0.1) is 19.3 Å². The first-order valence-corrected chi connectivity index (χ1v) is 7.91. The third kappa shape index (κ3) is 14.2. The van der Waals surface area contributed by atoms with Crippen LogP contribution in [0.4, 0.5) is 0 Å². The van der Waals surface area contributed by atoms with Crippen LogP contribution in [0.1, 0.15) is 45.4 Å². The molecule has 0 rings (SSSR count). The van der Waals surface area contributed by atoms with Crippen LogP contribution >= 0.6 is 11.8 Å². The lowest BCUT2D eigenvalue weighted by Crippen LogP contribution is -2.18. The summed E-state index contributed by atoms with van der Waals surface area (Å²) in [5.74, 6) is 1.34. The van der Waals surface area contributed by atoms with E-state index in [4.69, 9.17) is 9.84 Å². The van der Waals surface area contributed by atoms with Crippen LogP contribution in [0.2, 0.25) is 0 Å². The van der Waals surface area contributed by atoms with Gasteiger partial charge in [-0.05, 0) is 6.42 Å². The maximum Gasteiger partial charge on any atom is 0.0863 e. The molecule has 0 spiro atoms. The first-order valence-electron chi connectivity index (χ1n) is 6.75. The molecular formula is C13H28O3S. The van der Waals surface area contributed by atoms with Crippen LogP contribution < -0.4 is 0 Å². The second kappa shape index (κ2) is 14.3. The minimum Gasteiger partial charge on any atom is -0.396 e. The van der Waals surface area contributed by atoms with Gasteiger partial charge in [0.2, 0.25) is 0 Å². The van der Waals surface area contributed by atoms with Gasteiger partial charge in [-0.15, -0.1) is 0 Å². The van der Waals surface area contributed by atoms with Crippen LogP contribution in [0.25, 0.3) is 0 Å². The lowest BCUT2D eigenvalue weighted by Gasteiger charge is -2.10. The van der Waals surface area contributed by atoms with E-state index in [0.29, 0.717) is 18.1 Å². The van der Waals surface area contributed by atoms with Gasteiger partial charge >= 0.3 is 0 Å². The summed E-state index contributed by atoms with van der Waals surface area (Å²) < 4.78 is 5.41. The van der Waals surface area contributed by atoms with E-state index in [1.54, 1.807) is 11.8 Å². The number of ether oxygens (including phenoxy) is 1. The Kier molecular flexibility index (Phi) is 14.5. The second-order valence-electron chi connectivity index (χ2n) is 4.30. The molecular weight excluding hydrogens is 236 g/mol. The van der Waals surface area contributed by atoms with Crippen LogP contribution in [-0.4, -0.2) is 47.6 Å². The van der Waals surface area contributed by atoms with Crippen LogP contribution in [0.15, 0.2) is 0 Å². The smallest absolute Gasteiger partial charge is 0.0863 e. The number of aliphatic hydroxyl groups is 2. The standard InChI is InChI=1S/C13H28O3S/c1-2-3-4-5-6-7-9-16-11-13(15)12-17-10-8-14/h13-15H,2-12H2,1H3. The van der Waals surface area contributed by atoms with Crippen molar-refractivity contribution < 1.29 is 14.9 Å². The van der Waals surface area contributed by atoms with Crippen molar-refractivity contribution in [3.05, 3.63) is 0 Å². The summed E-state index contributed by atoms with van der Waals surface area (Å²) in [6, 6.07) is 0. The quantitative estimate of drug-likeness (QED) is 0.502. The second-order valence-corrected chi connectivity index (χ2v) is 5.44. The van der Waals surface area contributed by atoms with Gasteiger partial charge in [0, 0.05) is 18.1 Å². The zero-order valence-electron chi connectivity index (χ0n) is 11.1. The lowest BCUT2D eigenvalue weighted by molar-refractivity contribution is 0.0467. The van der Waals surface area contributed by atoms with Gasteiger partial charge in [0.1, 0.15) is 0 Å². The number of aliphatic hydroxyl groups excluding tert-OH is 2. The molecule has 0 aliphatic rings. The van der Waals surface area contributed by atoms with Crippen molar-refractivity contribution in [1.82, 2.24) is 0 Å². The van der Waals surface area contributed by atoms with Gasteiger partial charge in [-0.25, -0.2) is 0 Å². The molecule has 17 heavy (non-hydrogen) atoms. The largest absolute Gasteiger partial charge is 0.396 e. The Hall–Kier alpha value is 0.230. The maximum atomic E-state index is 9.52. The first kappa shape index (κ1) is 17.2. The summed E-state index contributed by atoms with van der Waals surface area (Å²) in [4.78, 5) is 0. The van der Waals surface area contributed by atoms with Crippen LogP contribution in [0.3, 0.4) is 0 Å². The first-order chi connectivity index (χ1) is 8.31. The molecule has 0 saturated carbocycles. The third-order valence-electron chi connectivity index (χ3n) is 2.50. The molecule has 0 saturated heterocycles. The monoisotopic (exact) mass is 264 g/mol. The maximum absolute atomic E-state index is 9.52. The highest BCUT2D eigenvalue weighted by Crippen LogP contribution is 2.06. The SMILES string of the molecule is CCCCCCCCOCC(O)CSCCO. The molecule has 0 aromatic heterocycles. The van der Waals surface area contributed by atoms with Crippen molar-refractivity contribution in [2.24, 2.45) is 0 Å². The van der Waals surface area contributed by atoms with E-state index in [9.17, 15) is 5.11 Å². The highest BCUT2D eigenvalue weighted by Gasteiger charge is 2.03. The molecule has 0 fully saturated rings. The summed E-state index contributed by atoms with van der Waals surface area (Å²) in [6.45, 7) is 3.58. The number of hydrogen-bond acceptors (Lipinski definition) is 4. The molecule has 0 aromatic rings. The van der Waals surface area contributed by atoms with Crippen LogP contribution in [0.5, 0.6) is 0 Å². The Morgan fingerprint density at radius 1 is 1.12 bits per heavy atom. The van der Waals surface area contributed by atoms with Gasteiger partial charge in [0.25, 0.3) is 0 Å². The molecule has 0 radical (unpaired) electrons. The molecule has 0 bridgehead atoms. The minimum absolute atomic E-state index is 0.177. The van der Waals surface area contributed by atoms with Gasteiger partial charge < -0.3 is 14.9 Å². The molecule has 0 aliphatic heterocycles. The van der Waals surface area contributed by atoms with Gasteiger partial charge in [-0.1, -0.05) is 39.0 Å². The fourth-order valence-corrected chi connectivity index (χ4v) is 2.20. The average molecular weight is 264 g/mol. The van der Waals surface area contributed by atoms with E-state index in [2.05, 4.69) is 6.92 Å². The minimum atomic E-state index is -0.397. The molecule has 1 unspecified atom stereocenters. The van der Waals surface area contributed by atoms with Crippen LogP contribution in [-0.2, 0) is 4.74 Å². The number of hydrogen-bond donors (Lipinski definition) is 2. The van der Waals surface area contributed by atoms with Crippen molar-refractivity contribution in [3.8, 4) is 0 Å². The van der Waals surface area contributed by atoms with Crippen molar-refractivity contribution in [1.29, 1.82) is 0 Å². The summed E-state index contributed by atoms with van der Waals surface area (Å²) >= 11 is 1.56. The molecule has 0 amide bonds.